The number of aromatic nitrogens is 2. The van der Waals surface area contributed by atoms with Crippen molar-refractivity contribution in [2.75, 3.05) is 43.9 Å². The molecule has 0 saturated carbocycles. The lowest BCUT2D eigenvalue weighted by molar-refractivity contribution is 0.150. The van der Waals surface area contributed by atoms with Crippen molar-refractivity contribution in [3.8, 4) is 5.75 Å². The van der Waals surface area contributed by atoms with Gasteiger partial charge in [0.05, 0.1) is 18.8 Å². The van der Waals surface area contributed by atoms with Crippen LogP contribution in [0.15, 0.2) is 89.9 Å². The zero-order valence-electron chi connectivity index (χ0n) is 23.9. The number of hydrogen-bond donors (Lipinski definition) is 2. The zero-order chi connectivity index (χ0) is 29.5. The van der Waals surface area contributed by atoms with Gasteiger partial charge >= 0.3 is 0 Å². The maximum Gasteiger partial charge on any atom is 0.229 e. The molecule has 1 fully saturated rings. The van der Waals surface area contributed by atoms with Gasteiger partial charge in [0.2, 0.25) is 17.0 Å². The summed E-state index contributed by atoms with van der Waals surface area (Å²) < 4.78 is 5.47. The molecule has 1 aliphatic rings. The van der Waals surface area contributed by atoms with E-state index in [4.69, 9.17) is 33.5 Å². The van der Waals surface area contributed by atoms with Crippen molar-refractivity contribution in [1.82, 2.24) is 19.8 Å². The molecule has 4 aromatic rings. The number of ether oxygens (including phenoxy) is 1. The Morgan fingerprint density at radius 3 is 2.02 bits per heavy atom. The Hall–Kier alpha value is -4.05. The highest BCUT2D eigenvalue weighted by Crippen LogP contribution is 2.30. The normalized spacial score (nSPS) is 14.1. The lowest BCUT2D eigenvalue weighted by Gasteiger charge is -2.40. The fourth-order valence-corrected chi connectivity index (χ4v) is 5.52. The number of hydrogen-bond acceptors (Lipinski definition) is 5. The van der Waals surface area contributed by atoms with Gasteiger partial charge in [0, 0.05) is 42.6 Å². The first-order valence-electron chi connectivity index (χ1n) is 13.8. The van der Waals surface area contributed by atoms with Crippen molar-refractivity contribution in [2.24, 2.45) is 4.99 Å². The van der Waals surface area contributed by atoms with Gasteiger partial charge in [-0.05, 0) is 61.5 Å². The van der Waals surface area contributed by atoms with E-state index >= 15 is 0 Å². The predicted octanol–water partition coefficient (Wildman–Crippen LogP) is 6.33. The van der Waals surface area contributed by atoms with E-state index in [0.717, 1.165) is 37.6 Å². The summed E-state index contributed by atoms with van der Waals surface area (Å²) in [5.74, 6) is 1.67. The van der Waals surface area contributed by atoms with E-state index in [-0.39, 0.29) is 11.2 Å². The van der Waals surface area contributed by atoms with Crippen LogP contribution < -0.4 is 15.4 Å². The van der Waals surface area contributed by atoms with Crippen molar-refractivity contribution in [3.63, 3.8) is 0 Å². The molecule has 1 aliphatic heterocycles. The monoisotopic (exact) mass is 599 g/mol. The molecule has 0 bridgehead atoms. The molecule has 0 aliphatic carbocycles. The van der Waals surface area contributed by atoms with Gasteiger partial charge in [-0.3, -0.25) is 10.2 Å². The molecule has 3 aromatic carbocycles. The Bertz CT molecular complexity index is 1480. The Morgan fingerprint density at radius 2 is 1.45 bits per heavy atom. The van der Waals surface area contributed by atoms with Gasteiger partial charge in [-0.1, -0.05) is 72.3 Å². The molecule has 8 nitrogen and oxygen atoms in total. The van der Waals surface area contributed by atoms with Gasteiger partial charge in [-0.25, -0.2) is 9.97 Å². The molecular weight excluding hydrogens is 566 g/mol. The van der Waals surface area contributed by atoms with Crippen molar-refractivity contribution in [2.45, 2.75) is 19.9 Å². The van der Waals surface area contributed by atoms with Crippen molar-refractivity contribution in [1.29, 1.82) is 0 Å². The summed E-state index contributed by atoms with van der Waals surface area (Å²) in [4.78, 5) is 18.7. The molecule has 0 unspecified atom stereocenters. The van der Waals surface area contributed by atoms with E-state index < -0.39 is 0 Å². The summed E-state index contributed by atoms with van der Waals surface area (Å²) in [7, 11) is 1.60. The van der Waals surface area contributed by atoms with Gasteiger partial charge in [-0.2, -0.15) is 4.99 Å². The molecule has 0 spiro atoms. The Balaban J connectivity index is 1.39. The molecule has 216 valence electrons. The fourth-order valence-electron chi connectivity index (χ4n) is 5.15. The van der Waals surface area contributed by atoms with E-state index in [1.165, 1.54) is 11.1 Å². The molecule has 5 rings (SSSR count). The first-order chi connectivity index (χ1) is 20.4. The van der Waals surface area contributed by atoms with Crippen LogP contribution in [-0.2, 0) is 0 Å². The average Bonchev–Trinajstić information content (AvgIpc) is 2.98. The van der Waals surface area contributed by atoms with Crippen LogP contribution in [0.25, 0.3) is 0 Å². The third-order valence-corrected chi connectivity index (χ3v) is 7.45. The van der Waals surface area contributed by atoms with E-state index in [1.54, 1.807) is 25.3 Å². The van der Waals surface area contributed by atoms with Crippen LogP contribution in [-0.4, -0.2) is 64.1 Å². The second-order valence-corrected chi connectivity index (χ2v) is 10.9. The van der Waals surface area contributed by atoms with Gasteiger partial charge < -0.3 is 15.0 Å². The predicted molar refractivity (Wildman–Crippen MR) is 175 cm³/mol. The van der Waals surface area contributed by atoms with E-state index in [2.05, 4.69) is 91.1 Å². The van der Waals surface area contributed by atoms with E-state index in [1.807, 2.05) is 19.9 Å². The second-order valence-electron chi connectivity index (χ2n) is 10.1. The summed E-state index contributed by atoms with van der Waals surface area (Å²) in [6.45, 7) is 7.00. The van der Waals surface area contributed by atoms with Crippen LogP contribution in [0.1, 0.15) is 28.6 Å². The van der Waals surface area contributed by atoms with Crippen molar-refractivity contribution < 1.29 is 4.74 Å². The Labute approximate surface area is 257 Å². The van der Waals surface area contributed by atoms with Gasteiger partial charge in [0.1, 0.15) is 5.75 Å². The summed E-state index contributed by atoms with van der Waals surface area (Å²) in [5, 5.41) is 7.34. The van der Waals surface area contributed by atoms with Crippen molar-refractivity contribution >= 4 is 46.5 Å². The third kappa shape index (κ3) is 7.42. The number of halogens is 1. The average molecular weight is 600 g/mol. The maximum absolute atomic E-state index is 6.23. The van der Waals surface area contributed by atoms with Crippen LogP contribution >= 0.6 is 23.8 Å². The minimum Gasteiger partial charge on any atom is -0.495 e. The van der Waals surface area contributed by atoms with E-state index in [0.29, 0.717) is 28.4 Å². The van der Waals surface area contributed by atoms with Gasteiger partial charge in [-0.15, -0.1) is 0 Å². The molecule has 1 saturated heterocycles. The molecule has 0 amide bonds. The number of guanidine groups is 1. The lowest BCUT2D eigenvalue weighted by Crippen LogP contribution is -2.52. The number of piperazine rings is 1. The number of aliphatic imine (C=N–C) groups is 1. The topological polar surface area (TPSA) is 77.9 Å². The van der Waals surface area contributed by atoms with Crippen LogP contribution in [0.2, 0.25) is 5.02 Å². The maximum atomic E-state index is 6.23. The summed E-state index contributed by atoms with van der Waals surface area (Å²) in [6, 6.07) is 28.7. The van der Waals surface area contributed by atoms with Crippen LogP contribution in [0, 0.1) is 13.8 Å². The number of thiocarbonyl (C=S) groups is 1. The lowest BCUT2D eigenvalue weighted by atomic mass is 9.96. The van der Waals surface area contributed by atoms with Gasteiger partial charge in [0.15, 0.2) is 0 Å². The number of rotatable bonds is 6. The number of benzene rings is 3. The number of aryl methyl sites for hydroxylation is 2. The summed E-state index contributed by atoms with van der Waals surface area (Å²) in [5.41, 5.74) is 4.92. The SMILES string of the molecule is COc1ccc(Cl)cc1NC(=S)/N=C(/Nc1nc(C)cc(C)n1)N1CCN(C(c2ccccc2)c2ccccc2)CC1. The Kier molecular flexibility index (Phi) is 9.63. The molecule has 42 heavy (non-hydrogen) atoms. The highest BCUT2D eigenvalue weighted by atomic mass is 35.5. The molecular formula is C32H34ClN7OS. The van der Waals surface area contributed by atoms with Crippen LogP contribution in [0.4, 0.5) is 11.6 Å². The molecule has 0 atom stereocenters. The first-order valence-corrected chi connectivity index (χ1v) is 14.6. The number of nitrogens with one attached hydrogen (secondary N) is 2. The molecule has 2 heterocycles. The minimum atomic E-state index is 0.156. The van der Waals surface area contributed by atoms with Crippen LogP contribution in [0.5, 0.6) is 5.75 Å². The highest BCUT2D eigenvalue weighted by Gasteiger charge is 2.28. The molecule has 1 aromatic heterocycles. The molecule has 0 radical (unpaired) electrons. The van der Waals surface area contributed by atoms with Crippen molar-refractivity contribution in [3.05, 3.63) is 112 Å². The second kappa shape index (κ2) is 13.7. The van der Waals surface area contributed by atoms with Crippen LogP contribution in [0.3, 0.4) is 0 Å². The minimum absolute atomic E-state index is 0.156. The number of methoxy groups -OCH3 is 1. The quantitative estimate of drug-likeness (QED) is 0.151. The van der Waals surface area contributed by atoms with E-state index in [9.17, 15) is 0 Å². The number of anilines is 2. The standard InChI is InChI=1S/C32H34ClN7OS/c1-22-20-23(2)35-30(34-22)37-31(38-32(42)36-27-21-26(33)14-15-28(27)41-3)40-18-16-39(17-19-40)29(24-10-6-4-7-11-24)25-12-8-5-9-13-25/h4-15,20-21,29H,16-19H2,1-3H3,(H2,34,35,36,37,38,42). The molecule has 10 heteroatoms. The largest absolute Gasteiger partial charge is 0.495 e. The van der Waals surface area contributed by atoms with Gasteiger partial charge in [0.25, 0.3) is 0 Å². The fraction of sp³-hybridized carbons (Fsp3) is 0.250. The first kappa shape index (κ1) is 29.4. The summed E-state index contributed by atoms with van der Waals surface area (Å²) >= 11 is 11.9. The third-order valence-electron chi connectivity index (χ3n) is 7.03. The number of nitrogens with zero attached hydrogens (tertiary/aromatic N) is 5. The summed E-state index contributed by atoms with van der Waals surface area (Å²) in [6.07, 6.45) is 0. The molecule has 2 N–H and O–H groups in total. The smallest absolute Gasteiger partial charge is 0.229 e. The Morgan fingerprint density at radius 1 is 0.857 bits per heavy atom. The highest BCUT2D eigenvalue weighted by molar-refractivity contribution is 7.80. The zero-order valence-corrected chi connectivity index (χ0v) is 25.5.